The van der Waals surface area contributed by atoms with E-state index in [1.54, 1.807) is 35.9 Å². The molecule has 1 saturated heterocycles. The van der Waals surface area contributed by atoms with Crippen molar-refractivity contribution in [3.63, 3.8) is 0 Å². The molecule has 1 aromatic heterocycles. The maximum atomic E-state index is 13.1. The molecular formula is C21H21ClN4O3S. The van der Waals surface area contributed by atoms with Crippen molar-refractivity contribution in [3.8, 4) is 0 Å². The number of nitrogens with zero attached hydrogens (tertiary/aromatic N) is 3. The third-order valence-electron chi connectivity index (χ3n) is 5.22. The van der Waals surface area contributed by atoms with Crippen LogP contribution < -0.4 is 5.32 Å². The predicted molar refractivity (Wildman–Crippen MR) is 114 cm³/mol. The van der Waals surface area contributed by atoms with Crippen LogP contribution in [0.3, 0.4) is 0 Å². The molecule has 30 heavy (non-hydrogen) atoms. The number of hydrogen-bond acceptors (Lipinski definition) is 4. The minimum atomic E-state index is -3.77. The highest BCUT2D eigenvalue weighted by molar-refractivity contribution is 7.89. The topological polar surface area (TPSA) is 84.3 Å². The Kier molecular flexibility index (Phi) is 5.64. The van der Waals surface area contributed by atoms with Crippen molar-refractivity contribution in [2.75, 3.05) is 13.1 Å². The summed E-state index contributed by atoms with van der Waals surface area (Å²) < 4.78 is 29.2. The van der Waals surface area contributed by atoms with Crippen LogP contribution in [0.4, 0.5) is 0 Å². The number of amides is 1. The Bertz CT molecular complexity index is 1150. The molecule has 0 unspecified atom stereocenters. The van der Waals surface area contributed by atoms with Crippen molar-refractivity contribution in [1.29, 1.82) is 0 Å². The van der Waals surface area contributed by atoms with E-state index >= 15 is 0 Å². The average Bonchev–Trinajstić information content (AvgIpc) is 3.36. The molecule has 4 rings (SSSR count). The van der Waals surface area contributed by atoms with Crippen molar-refractivity contribution in [2.45, 2.75) is 17.0 Å². The smallest absolute Gasteiger partial charge is 0.262 e. The first-order valence-corrected chi connectivity index (χ1v) is 11.3. The van der Waals surface area contributed by atoms with Crippen LogP contribution in [0.2, 0.25) is 5.02 Å². The van der Waals surface area contributed by atoms with E-state index in [-0.39, 0.29) is 36.0 Å². The van der Waals surface area contributed by atoms with E-state index in [2.05, 4.69) is 10.3 Å². The standard InChI is InChI=1S/C21H21ClN4O3S/c1-25-13-20(23-14-25)30(28,29)26-11-18(15-5-3-2-4-6-15)19(12-26)24-21(27)16-7-9-17(22)10-8-16/h2-10,13-14,18-19H,11-12H2,1H3,(H,24,27)/t18-,19+/m1/s1. The van der Waals surface area contributed by atoms with Gasteiger partial charge in [-0.15, -0.1) is 0 Å². The first kappa shape index (κ1) is 20.6. The molecule has 0 aliphatic carbocycles. The van der Waals surface area contributed by atoms with Gasteiger partial charge in [-0.3, -0.25) is 4.79 Å². The lowest BCUT2D eigenvalue weighted by Gasteiger charge is -2.20. The second kappa shape index (κ2) is 8.22. The van der Waals surface area contributed by atoms with Gasteiger partial charge in [0, 0.05) is 42.8 Å². The van der Waals surface area contributed by atoms with Crippen LogP contribution >= 0.6 is 11.6 Å². The fourth-order valence-corrected chi connectivity index (χ4v) is 5.24. The molecule has 0 radical (unpaired) electrons. The zero-order valence-corrected chi connectivity index (χ0v) is 17.8. The lowest BCUT2D eigenvalue weighted by atomic mass is 9.94. The first-order valence-electron chi connectivity index (χ1n) is 9.44. The second-order valence-corrected chi connectivity index (χ2v) is 9.62. The van der Waals surface area contributed by atoms with Crippen molar-refractivity contribution < 1.29 is 13.2 Å². The number of nitrogens with one attached hydrogen (secondary N) is 1. The Morgan fingerprint density at radius 2 is 1.80 bits per heavy atom. The fourth-order valence-electron chi connectivity index (χ4n) is 3.66. The molecule has 0 spiro atoms. The molecule has 1 N–H and O–H groups in total. The summed E-state index contributed by atoms with van der Waals surface area (Å²) in [5.41, 5.74) is 1.44. The summed E-state index contributed by atoms with van der Waals surface area (Å²) in [6, 6.07) is 15.8. The SMILES string of the molecule is Cn1cnc(S(=O)(=O)N2C[C@H](NC(=O)c3ccc(Cl)cc3)[C@@H](c3ccccc3)C2)c1. The first-order chi connectivity index (χ1) is 14.3. The summed E-state index contributed by atoms with van der Waals surface area (Å²) in [7, 11) is -2.04. The van der Waals surface area contributed by atoms with Gasteiger partial charge >= 0.3 is 0 Å². The largest absolute Gasteiger partial charge is 0.347 e. The van der Waals surface area contributed by atoms with Crippen LogP contribution in [0.15, 0.2) is 72.1 Å². The molecule has 2 heterocycles. The van der Waals surface area contributed by atoms with E-state index < -0.39 is 10.0 Å². The number of carbonyl (C=O) groups is 1. The van der Waals surface area contributed by atoms with Crippen LogP contribution in [0.5, 0.6) is 0 Å². The normalized spacial score (nSPS) is 19.7. The van der Waals surface area contributed by atoms with E-state index in [9.17, 15) is 13.2 Å². The summed E-state index contributed by atoms with van der Waals surface area (Å²) in [6.45, 7) is 0.423. The molecule has 9 heteroatoms. The Morgan fingerprint density at radius 3 is 2.43 bits per heavy atom. The van der Waals surface area contributed by atoms with Crippen LogP contribution in [0.1, 0.15) is 21.8 Å². The Morgan fingerprint density at radius 1 is 1.10 bits per heavy atom. The zero-order chi connectivity index (χ0) is 21.3. The monoisotopic (exact) mass is 444 g/mol. The summed E-state index contributed by atoms with van der Waals surface area (Å²) in [5, 5.41) is 3.55. The zero-order valence-electron chi connectivity index (χ0n) is 16.3. The number of rotatable bonds is 5. The molecule has 2 atom stereocenters. The molecule has 1 aliphatic rings. The van der Waals surface area contributed by atoms with E-state index in [0.29, 0.717) is 10.6 Å². The number of imidazole rings is 1. The number of hydrogen-bond donors (Lipinski definition) is 1. The maximum absolute atomic E-state index is 13.1. The summed E-state index contributed by atoms with van der Waals surface area (Å²) in [5.74, 6) is -0.449. The highest BCUT2D eigenvalue weighted by Crippen LogP contribution is 2.31. The van der Waals surface area contributed by atoms with Gasteiger partial charge in [0.15, 0.2) is 5.03 Å². The molecule has 2 aromatic carbocycles. The minimum Gasteiger partial charge on any atom is -0.347 e. The number of aromatic nitrogens is 2. The molecule has 156 valence electrons. The summed E-state index contributed by atoms with van der Waals surface area (Å²) in [4.78, 5) is 16.8. The van der Waals surface area contributed by atoms with Crippen molar-refractivity contribution in [2.24, 2.45) is 7.05 Å². The molecule has 3 aromatic rings. The summed E-state index contributed by atoms with van der Waals surface area (Å²) in [6.07, 6.45) is 2.93. The molecule has 1 fully saturated rings. The lowest BCUT2D eigenvalue weighted by Crippen LogP contribution is -2.40. The van der Waals surface area contributed by atoms with E-state index in [0.717, 1.165) is 5.56 Å². The van der Waals surface area contributed by atoms with E-state index in [1.807, 2.05) is 30.3 Å². The predicted octanol–water partition coefficient (Wildman–Crippen LogP) is 2.66. The minimum absolute atomic E-state index is 0.00138. The second-order valence-electron chi connectivity index (χ2n) is 7.30. The van der Waals surface area contributed by atoms with Crippen LogP contribution in [-0.2, 0) is 17.1 Å². The summed E-state index contributed by atoms with van der Waals surface area (Å²) >= 11 is 5.91. The molecule has 0 bridgehead atoms. The van der Waals surface area contributed by atoms with Gasteiger partial charge < -0.3 is 9.88 Å². The number of carbonyl (C=O) groups excluding carboxylic acids is 1. The molecule has 1 aliphatic heterocycles. The van der Waals surface area contributed by atoms with Crippen molar-refractivity contribution >= 4 is 27.5 Å². The Hall–Kier alpha value is -2.68. The van der Waals surface area contributed by atoms with E-state index in [1.165, 1.54) is 16.8 Å². The lowest BCUT2D eigenvalue weighted by molar-refractivity contribution is 0.0936. The van der Waals surface area contributed by atoms with Gasteiger partial charge in [-0.05, 0) is 29.8 Å². The highest BCUT2D eigenvalue weighted by atomic mass is 35.5. The van der Waals surface area contributed by atoms with Crippen molar-refractivity contribution in [1.82, 2.24) is 19.2 Å². The number of aryl methyl sites for hydroxylation is 1. The van der Waals surface area contributed by atoms with Gasteiger partial charge in [0.1, 0.15) is 0 Å². The number of sulfonamides is 1. The van der Waals surface area contributed by atoms with Gasteiger partial charge in [-0.1, -0.05) is 41.9 Å². The molecule has 0 saturated carbocycles. The maximum Gasteiger partial charge on any atom is 0.262 e. The van der Waals surface area contributed by atoms with Crippen LogP contribution in [-0.4, -0.2) is 47.3 Å². The Balaban J connectivity index is 1.61. The third kappa shape index (κ3) is 4.12. The van der Waals surface area contributed by atoms with Crippen LogP contribution in [0, 0.1) is 0 Å². The van der Waals surface area contributed by atoms with Gasteiger partial charge in [-0.2, -0.15) is 4.31 Å². The van der Waals surface area contributed by atoms with Crippen LogP contribution in [0.25, 0.3) is 0 Å². The van der Waals surface area contributed by atoms with Gasteiger partial charge in [0.05, 0.1) is 12.4 Å². The average molecular weight is 445 g/mol. The van der Waals surface area contributed by atoms with Gasteiger partial charge in [-0.25, -0.2) is 13.4 Å². The fraction of sp³-hybridized carbons (Fsp3) is 0.238. The third-order valence-corrected chi connectivity index (χ3v) is 7.19. The Labute approximate surface area is 180 Å². The quantitative estimate of drug-likeness (QED) is 0.655. The molecular weight excluding hydrogens is 424 g/mol. The molecule has 7 nitrogen and oxygen atoms in total. The number of benzene rings is 2. The van der Waals surface area contributed by atoms with Gasteiger partial charge in [0.2, 0.25) is 0 Å². The molecule has 1 amide bonds. The highest BCUT2D eigenvalue weighted by Gasteiger charge is 2.41. The number of halogens is 1. The van der Waals surface area contributed by atoms with Gasteiger partial charge in [0.25, 0.3) is 15.9 Å². The van der Waals surface area contributed by atoms with E-state index in [4.69, 9.17) is 11.6 Å². The van der Waals surface area contributed by atoms with Crippen molar-refractivity contribution in [3.05, 3.63) is 83.3 Å².